The standard InChI is InChI=1S/C29H34N2O5/c1-33-26-13-6-3-10-23(26)22-36-27-14-7-4-11-24(27)29(32)35-21-9-16-30-17-19-31(20-18-30)25-12-5-8-15-28(25)34-2/h3-8,10-15H,9,16-22H2,1-2H3. The lowest BCUT2D eigenvalue weighted by atomic mass is 10.2. The molecule has 0 aliphatic carbocycles. The number of carbonyl (C=O) groups excluding carboxylic acids is 1. The van der Waals surface area contributed by atoms with Gasteiger partial charge < -0.3 is 23.8 Å². The van der Waals surface area contributed by atoms with E-state index in [2.05, 4.69) is 15.9 Å². The molecule has 0 saturated carbocycles. The highest BCUT2D eigenvalue weighted by atomic mass is 16.5. The van der Waals surface area contributed by atoms with Gasteiger partial charge in [-0.05, 0) is 36.8 Å². The fourth-order valence-corrected chi connectivity index (χ4v) is 4.37. The summed E-state index contributed by atoms with van der Waals surface area (Å²) in [5.74, 6) is 1.79. The summed E-state index contributed by atoms with van der Waals surface area (Å²) in [5, 5.41) is 0. The van der Waals surface area contributed by atoms with Gasteiger partial charge in [0.2, 0.25) is 0 Å². The summed E-state index contributed by atoms with van der Waals surface area (Å²) in [6.45, 7) is 5.37. The molecule has 0 bridgehead atoms. The van der Waals surface area contributed by atoms with Crippen molar-refractivity contribution in [2.45, 2.75) is 13.0 Å². The first-order chi connectivity index (χ1) is 17.7. The van der Waals surface area contributed by atoms with Crippen molar-refractivity contribution in [1.29, 1.82) is 0 Å². The molecule has 0 atom stereocenters. The van der Waals surface area contributed by atoms with E-state index in [1.165, 1.54) is 0 Å². The number of rotatable bonds is 11. The van der Waals surface area contributed by atoms with Crippen molar-refractivity contribution in [1.82, 2.24) is 4.90 Å². The van der Waals surface area contributed by atoms with Gasteiger partial charge in [-0.2, -0.15) is 0 Å². The molecule has 1 heterocycles. The van der Waals surface area contributed by atoms with Gasteiger partial charge in [0.25, 0.3) is 0 Å². The van der Waals surface area contributed by atoms with Crippen LogP contribution in [-0.4, -0.2) is 64.4 Å². The third-order valence-electron chi connectivity index (χ3n) is 6.33. The summed E-state index contributed by atoms with van der Waals surface area (Å²) in [6, 6.07) is 23.0. The van der Waals surface area contributed by atoms with E-state index in [0.29, 0.717) is 24.5 Å². The van der Waals surface area contributed by atoms with E-state index >= 15 is 0 Å². The Bertz CT molecular complexity index is 1130. The van der Waals surface area contributed by atoms with Crippen LogP contribution in [0.2, 0.25) is 0 Å². The smallest absolute Gasteiger partial charge is 0.341 e. The van der Waals surface area contributed by atoms with Crippen molar-refractivity contribution < 1.29 is 23.7 Å². The monoisotopic (exact) mass is 490 g/mol. The molecule has 1 aliphatic rings. The molecule has 4 rings (SSSR count). The molecule has 0 radical (unpaired) electrons. The molecule has 0 amide bonds. The second-order valence-corrected chi connectivity index (χ2v) is 8.59. The summed E-state index contributed by atoms with van der Waals surface area (Å²) in [6.07, 6.45) is 0.782. The number of piperazine rings is 1. The molecule has 7 heteroatoms. The molecule has 3 aromatic carbocycles. The van der Waals surface area contributed by atoms with Gasteiger partial charge in [0, 0.05) is 38.3 Å². The quantitative estimate of drug-likeness (QED) is 0.286. The van der Waals surface area contributed by atoms with E-state index < -0.39 is 0 Å². The molecule has 36 heavy (non-hydrogen) atoms. The lowest BCUT2D eigenvalue weighted by molar-refractivity contribution is 0.0482. The molecule has 1 saturated heterocycles. The summed E-state index contributed by atoms with van der Waals surface area (Å²) in [7, 11) is 3.34. The van der Waals surface area contributed by atoms with Gasteiger partial charge in [0.15, 0.2) is 0 Å². The van der Waals surface area contributed by atoms with Crippen molar-refractivity contribution >= 4 is 11.7 Å². The number of esters is 1. The van der Waals surface area contributed by atoms with Gasteiger partial charge in [0.05, 0.1) is 26.5 Å². The molecular formula is C29H34N2O5. The molecule has 7 nitrogen and oxygen atoms in total. The Morgan fingerprint density at radius 2 is 1.42 bits per heavy atom. The van der Waals surface area contributed by atoms with E-state index in [0.717, 1.165) is 61.9 Å². The number of anilines is 1. The molecule has 1 fully saturated rings. The highest BCUT2D eigenvalue weighted by Crippen LogP contribution is 2.28. The van der Waals surface area contributed by atoms with Crippen LogP contribution in [0.3, 0.4) is 0 Å². The lowest BCUT2D eigenvalue weighted by Crippen LogP contribution is -2.46. The van der Waals surface area contributed by atoms with Crippen molar-refractivity contribution in [2.75, 3.05) is 58.5 Å². The van der Waals surface area contributed by atoms with E-state index in [9.17, 15) is 4.79 Å². The average molecular weight is 491 g/mol. The first-order valence-electron chi connectivity index (χ1n) is 12.3. The highest BCUT2D eigenvalue weighted by molar-refractivity contribution is 5.92. The van der Waals surface area contributed by atoms with Crippen LogP contribution < -0.4 is 19.1 Å². The molecule has 0 spiro atoms. The first-order valence-corrected chi connectivity index (χ1v) is 12.3. The van der Waals surface area contributed by atoms with Gasteiger partial charge in [0.1, 0.15) is 29.4 Å². The molecule has 190 valence electrons. The first kappa shape index (κ1) is 25.4. The van der Waals surface area contributed by atoms with Crippen LogP contribution in [0.5, 0.6) is 17.2 Å². The van der Waals surface area contributed by atoms with Crippen LogP contribution in [-0.2, 0) is 11.3 Å². The summed E-state index contributed by atoms with van der Waals surface area (Å²) < 4.78 is 22.4. The fourth-order valence-electron chi connectivity index (χ4n) is 4.37. The minimum absolute atomic E-state index is 0.301. The van der Waals surface area contributed by atoms with Crippen molar-refractivity contribution in [3.05, 3.63) is 83.9 Å². The van der Waals surface area contributed by atoms with Gasteiger partial charge in [-0.25, -0.2) is 4.79 Å². The predicted octanol–water partition coefficient (Wildman–Crippen LogP) is 4.65. The van der Waals surface area contributed by atoms with E-state index in [-0.39, 0.29) is 5.97 Å². The lowest BCUT2D eigenvalue weighted by Gasteiger charge is -2.36. The maximum absolute atomic E-state index is 12.8. The number of ether oxygens (including phenoxy) is 4. The van der Waals surface area contributed by atoms with Crippen molar-refractivity contribution in [2.24, 2.45) is 0 Å². The van der Waals surface area contributed by atoms with Gasteiger partial charge >= 0.3 is 5.97 Å². The van der Waals surface area contributed by atoms with E-state index in [4.69, 9.17) is 18.9 Å². The summed E-state index contributed by atoms with van der Waals surface area (Å²) in [4.78, 5) is 17.5. The topological polar surface area (TPSA) is 60.5 Å². The van der Waals surface area contributed by atoms with E-state index in [1.54, 1.807) is 26.4 Å². The highest BCUT2D eigenvalue weighted by Gasteiger charge is 2.20. The number of hydrogen-bond acceptors (Lipinski definition) is 7. The Hall–Kier alpha value is -3.71. The zero-order valence-corrected chi connectivity index (χ0v) is 21.0. The Balaban J connectivity index is 1.21. The Morgan fingerprint density at radius 1 is 0.778 bits per heavy atom. The van der Waals surface area contributed by atoms with Gasteiger partial charge in [-0.3, -0.25) is 4.90 Å². The van der Waals surface area contributed by atoms with Crippen LogP contribution in [0.1, 0.15) is 22.3 Å². The predicted molar refractivity (Wildman–Crippen MR) is 140 cm³/mol. The minimum atomic E-state index is -0.369. The van der Waals surface area contributed by atoms with Gasteiger partial charge in [-0.1, -0.05) is 42.5 Å². The minimum Gasteiger partial charge on any atom is -0.496 e. The number of para-hydroxylation sites is 4. The van der Waals surface area contributed by atoms with Crippen LogP contribution in [0.25, 0.3) is 0 Å². The molecule has 0 unspecified atom stereocenters. The zero-order valence-electron chi connectivity index (χ0n) is 21.0. The summed E-state index contributed by atoms with van der Waals surface area (Å²) >= 11 is 0. The second kappa shape index (κ2) is 12.8. The fraction of sp³-hybridized carbons (Fsp3) is 0.345. The Morgan fingerprint density at radius 3 is 2.17 bits per heavy atom. The number of nitrogens with zero attached hydrogens (tertiary/aromatic N) is 2. The third-order valence-corrected chi connectivity index (χ3v) is 6.33. The number of benzene rings is 3. The van der Waals surface area contributed by atoms with Crippen LogP contribution >= 0.6 is 0 Å². The van der Waals surface area contributed by atoms with E-state index in [1.807, 2.05) is 54.6 Å². The van der Waals surface area contributed by atoms with Crippen LogP contribution in [0.4, 0.5) is 5.69 Å². The summed E-state index contributed by atoms with van der Waals surface area (Å²) in [5.41, 5.74) is 2.48. The molecule has 1 aliphatic heterocycles. The van der Waals surface area contributed by atoms with Crippen LogP contribution in [0.15, 0.2) is 72.8 Å². The average Bonchev–Trinajstić information content (AvgIpc) is 2.94. The molecule has 0 N–H and O–H groups in total. The maximum atomic E-state index is 12.8. The largest absolute Gasteiger partial charge is 0.496 e. The van der Waals surface area contributed by atoms with Crippen molar-refractivity contribution in [3.63, 3.8) is 0 Å². The maximum Gasteiger partial charge on any atom is 0.341 e. The Kier molecular flexibility index (Phi) is 9.05. The number of methoxy groups -OCH3 is 2. The number of hydrogen-bond donors (Lipinski definition) is 0. The normalized spacial score (nSPS) is 13.8. The SMILES string of the molecule is COc1ccccc1COc1ccccc1C(=O)OCCCN1CCN(c2ccccc2OC)CC1. The molecular weight excluding hydrogens is 456 g/mol. The van der Waals surface area contributed by atoms with Crippen LogP contribution in [0, 0.1) is 0 Å². The van der Waals surface area contributed by atoms with Crippen molar-refractivity contribution in [3.8, 4) is 17.2 Å². The third kappa shape index (κ3) is 6.49. The molecule has 0 aromatic heterocycles. The second-order valence-electron chi connectivity index (χ2n) is 8.59. The van der Waals surface area contributed by atoms with Gasteiger partial charge in [-0.15, -0.1) is 0 Å². The zero-order chi connectivity index (χ0) is 25.2. The Labute approximate surface area is 213 Å². The number of carbonyl (C=O) groups is 1. The molecule has 3 aromatic rings.